The molecule has 0 spiro atoms. The Morgan fingerprint density at radius 2 is 1.94 bits per heavy atom. The van der Waals surface area contributed by atoms with Crippen molar-refractivity contribution in [3.8, 4) is 0 Å². The van der Waals surface area contributed by atoms with Gasteiger partial charge in [-0.3, -0.25) is 0 Å². The maximum atomic E-state index is 5.79. The van der Waals surface area contributed by atoms with Gasteiger partial charge in [-0.05, 0) is 43.2 Å². The predicted molar refractivity (Wildman–Crippen MR) is 74.6 cm³/mol. The number of furan rings is 1. The molecule has 0 unspecified atom stereocenters. The summed E-state index contributed by atoms with van der Waals surface area (Å²) in [4.78, 5) is 2.17. The second kappa shape index (κ2) is 5.27. The van der Waals surface area contributed by atoms with Gasteiger partial charge in [-0.25, -0.2) is 0 Å². The van der Waals surface area contributed by atoms with Gasteiger partial charge in [-0.15, -0.1) is 0 Å². The Hall–Kier alpha value is -1.74. The van der Waals surface area contributed by atoms with Crippen molar-refractivity contribution in [1.29, 1.82) is 0 Å². The quantitative estimate of drug-likeness (QED) is 0.899. The number of hydrogen-bond acceptors (Lipinski definition) is 3. The highest BCUT2D eigenvalue weighted by molar-refractivity contribution is 5.55. The lowest BCUT2D eigenvalue weighted by atomic mass is 10.1. The number of nitrogens with zero attached hydrogens (tertiary/aromatic N) is 1. The molecule has 0 aliphatic heterocycles. The fourth-order valence-electron chi connectivity index (χ4n) is 2.09. The number of aryl methyl sites for hydroxylation is 2. The van der Waals surface area contributed by atoms with E-state index in [1.165, 1.54) is 11.3 Å². The predicted octanol–water partition coefficient (Wildman–Crippen LogP) is 2.99. The van der Waals surface area contributed by atoms with Crippen molar-refractivity contribution in [3.05, 3.63) is 53.0 Å². The standard InChI is InChI=1S/C15H20N2O/c1-11-4-6-13(9-16)15(8-11)17(3)10-14-7-5-12(2)18-14/h4-8H,9-10,16H2,1-3H3. The van der Waals surface area contributed by atoms with Gasteiger partial charge < -0.3 is 15.1 Å². The van der Waals surface area contributed by atoms with Gasteiger partial charge in [0.15, 0.2) is 0 Å². The molecule has 3 nitrogen and oxygen atoms in total. The van der Waals surface area contributed by atoms with E-state index in [4.69, 9.17) is 10.2 Å². The first-order chi connectivity index (χ1) is 8.60. The van der Waals surface area contributed by atoms with Crippen molar-refractivity contribution < 1.29 is 4.42 Å². The molecule has 0 saturated carbocycles. The molecule has 18 heavy (non-hydrogen) atoms. The topological polar surface area (TPSA) is 42.4 Å². The van der Waals surface area contributed by atoms with Gasteiger partial charge in [0.2, 0.25) is 0 Å². The minimum Gasteiger partial charge on any atom is -0.464 e. The molecular weight excluding hydrogens is 224 g/mol. The molecule has 1 aromatic heterocycles. The number of anilines is 1. The van der Waals surface area contributed by atoms with Gasteiger partial charge in [-0.1, -0.05) is 12.1 Å². The lowest BCUT2D eigenvalue weighted by Gasteiger charge is -2.21. The monoisotopic (exact) mass is 244 g/mol. The molecule has 0 radical (unpaired) electrons. The third-order valence-corrected chi connectivity index (χ3v) is 3.06. The third kappa shape index (κ3) is 2.74. The van der Waals surface area contributed by atoms with Gasteiger partial charge >= 0.3 is 0 Å². The molecule has 0 atom stereocenters. The molecule has 96 valence electrons. The molecule has 1 heterocycles. The lowest BCUT2D eigenvalue weighted by Crippen LogP contribution is -2.18. The highest BCUT2D eigenvalue weighted by Gasteiger charge is 2.09. The maximum absolute atomic E-state index is 5.79. The Morgan fingerprint density at radius 3 is 2.56 bits per heavy atom. The van der Waals surface area contributed by atoms with E-state index >= 15 is 0 Å². The average molecular weight is 244 g/mol. The van der Waals surface area contributed by atoms with E-state index in [2.05, 4.69) is 37.1 Å². The van der Waals surface area contributed by atoms with Crippen LogP contribution in [0.4, 0.5) is 5.69 Å². The first kappa shape index (κ1) is 12.7. The number of benzene rings is 1. The maximum Gasteiger partial charge on any atom is 0.123 e. The molecule has 2 rings (SSSR count). The first-order valence-corrected chi connectivity index (χ1v) is 6.16. The molecule has 3 heteroatoms. The Balaban J connectivity index is 2.22. The van der Waals surface area contributed by atoms with Gasteiger partial charge in [0.05, 0.1) is 6.54 Å². The highest BCUT2D eigenvalue weighted by atomic mass is 16.3. The minimum absolute atomic E-state index is 0.553. The number of nitrogens with two attached hydrogens (primary N) is 1. The van der Waals surface area contributed by atoms with Crippen LogP contribution < -0.4 is 10.6 Å². The fourth-order valence-corrected chi connectivity index (χ4v) is 2.09. The van der Waals surface area contributed by atoms with Crippen LogP contribution in [0.15, 0.2) is 34.7 Å². The lowest BCUT2D eigenvalue weighted by molar-refractivity contribution is 0.481. The minimum atomic E-state index is 0.553. The van der Waals surface area contributed by atoms with Crippen LogP contribution in [0.25, 0.3) is 0 Å². The van der Waals surface area contributed by atoms with E-state index in [1.807, 2.05) is 19.1 Å². The Kier molecular flexibility index (Phi) is 3.72. The van der Waals surface area contributed by atoms with Crippen molar-refractivity contribution in [2.75, 3.05) is 11.9 Å². The van der Waals surface area contributed by atoms with E-state index in [9.17, 15) is 0 Å². The molecule has 2 N–H and O–H groups in total. The van der Waals surface area contributed by atoms with Crippen molar-refractivity contribution in [2.45, 2.75) is 26.9 Å². The zero-order valence-corrected chi connectivity index (χ0v) is 11.2. The summed E-state index contributed by atoms with van der Waals surface area (Å²) < 4.78 is 5.61. The van der Waals surface area contributed by atoms with Crippen LogP contribution in [0, 0.1) is 13.8 Å². The Bertz CT molecular complexity index is 531. The van der Waals surface area contributed by atoms with Gasteiger partial charge in [-0.2, -0.15) is 0 Å². The Morgan fingerprint density at radius 1 is 1.17 bits per heavy atom. The summed E-state index contributed by atoms with van der Waals surface area (Å²) in [6.07, 6.45) is 0. The van der Waals surface area contributed by atoms with Crippen molar-refractivity contribution in [1.82, 2.24) is 0 Å². The van der Waals surface area contributed by atoms with Crippen LogP contribution in [0.2, 0.25) is 0 Å². The fraction of sp³-hybridized carbons (Fsp3) is 0.333. The van der Waals surface area contributed by atoms with Crippen LogP contribution in [0.1, 0.15) is 22.6 Å². The molecular formula is C15H20N2O. The summed E-state index contributed by atoms with van der Waals surface area (Å²) in [7, 11) is 2.06. The Labute approximate surface area is 108 Å². The van der Waals surface area contributed by atoms with E-state index in [0.29, 0.717) is 6.54 Å². The zero-order chi connectivity index (χ0) is 13.1. The third-order valence-electron chi connectivity index (χ3n) is 3.06. The smallest absolute Gasteiger partial charge is 0.123 e. The largest absolute Gasteiger partial charge is 0.464 e. The second-order valence-electron chi connectivity index (χ2n) is 4.70. The van der Waals surface area contributed by atoms with Crippen molar-refractivity contribution in [3.63, 3.8) is 0 Å². The van der Waals surface area contributed by atoms with Crippen molar-refractivity contribution >= 4 is 5.69 Å². The van der Waals surface area contributed by atoms with Gasteiger partial charge in [0.1, 0.15) is 11.5 Å². The van der Waals surface area contributed by atoms with Crippen LogP contribution in [-0.4, -0.2) is 7.05 Å². The van der Waals surface area contributed by atoms with Gasteiger partial charge in [0, 0.05) is 19.3 Å². The summed E-state index contributed by atoms with van der Waals surface area (Å²) in [5, 5.41) is 0. The number of rotatable bonds is 4. The van der Waals surface area contributed by atoms with Gasteiger partial charge in [0.25, 0.3) is 0 Å². The van der Waals surface area contributed by atoms with Crippen LogP contribution >= 0.6 is 0 Å². The second-order valence-corrected chi connectivity index (χ2v) is 4.70. The van der Waals surface area contributed by atoms with E-state index in [0.717, 1.165) is 23.6 Å². The molecule has 0 fully saturated rings. The normalized spacial score (nSPS) is 10.7. The molecule has 2 aromatic rings. The summed E-state index contributed by atoms with van der Waals surface area (Å²) in [6.45, 7) is 5.36. The van der Waals surface area contributed by atoms with E-state index in [-0.39, 0.29) is 0 Å². The highest BCUT2D eigenvalue weighted by Crippen LogP contribution is 2.23. The van der Waals surface area contributed by atoms with Crippen molar-refractivity contribution in [2.24, 2.45) is 5.73 Å². The van der Waals surface area contributed by atoms with E-state index in [1.54, 1.807) is 0 Å². The number of hydrogen-bond donors (Lipinski definition) is 1. The molecule has 0 saturated heterocycles. The summed E-state index contributed by atoms with van der Waals surface area (Å²) in [5.41, 5.74) is 9.36. The molecule has 1 aromatic carbocycles. The molecule has 0 aliphatic rings. The average Bonchev–Trinajstić information content (AvgIpc) is 2.74. The SMILES string of the molecule is Cc1ccc(CN)c(N(C)Cc2ccc(C)o2)c1. The molecule has 0 bridgehead atoms. The van der Waals surface area contributed by atoms with Crippen LogP contribution in [-0.2, 0) is 13.1 Å². The summed E-state index contributed by atoms with van der Waals surface area (Å²) in [5.74, 6) is 1.92. The van der Waals surface area contributed by atoms with E-state index < -0.39 is 0 Å². The summed E-state index contributed by atoms with van der Waals surface area (Å²) in [6, 6.07) is 10.4. The molecule has 0 aliphatic carbocycles. The first-order valence-electron chi connectivity index (χ1n) is 6.16. The zero-order valence-electron chi connectivity index (χ0n) is 11.2. The molecule has 0 amide bonds. The van der Waals surface area contributed by atoms with Crippen LogP contribution in [0.5, 0.6) is 0 Å². The summed E-state index contributed by atoms with van der Waals surface area (Å²) >= 11 is 0. The van der Waals surface area contributed by atoms with Crippen LogP contribution in [0.3, 0.4) is 0 Å².